The number of hydrogen-bond donors (Lipinski definition) is 2. The summed E-state index contributed by atoms with van der Waals surface area (Å²) >= 11 is 6.23. The Kier molecular flexibility index (Phi) is 10.2. The fourth-order valence-corrected chi connectivity index (χ4v) is 4.67. The Hall–Kier alpha value is -3.04. The highest BCUT2D eigenvalue weighted by Gasteiger charge is 2.38. The molecular weight excluding hydrogens is 482 g/mol. The molecule has 0 bridgehead atoms. The Bertz CT molecular complexity index is 998. The van der Waals surface area contributed by atoms with Gasteiger partial charge >= 0.3 is 18.0 Å². The van der Waals surface area contributed by atoms with Crippen LogP contribution in [0, 0.1) is 0 Å². The lowest BCUT2D eigenvalue weighted by Gasteiger charge is -2.38. The predicted molar refractivity (Wildman–Crippen MR) is 140 cm³/mol. The van der Waals surface area contributed by atoms with Crippen LogP contribution in [0.2, 0.25) is 5.02 Å². The summed E-state index contributed by atoms with van der Waals surface area (Å²) in [5, 5.41) is 6.39. The maximum atomic E-state index is 13.3. The van der Waals surface area contributed by atoms with Crippen LogP contribution in [-0.2, 0) is 9.53 Å². The molecule has 0 aliphatic carbocycles. The third-order valence-corrected chi connectivity index (χ3v) is 6.44. The molecule has 9 nitrogen and oxygen atoms in total. The van der Waals surface area contributed by atoms with Gasteiger partial charge in [-0.3, -0.25) is 9.80 Å². The molecule has 0 radical (unpaired) electrons. The van der Waals surface area contributed by atoms with Gasteiger partial charge in [0.15, 0.2) is 0 Å². The van der Waals surface area contributed by atoms with Gasteiger partial charge in [-0.05, 0) is 37.5 Å². The molecule has 4 amide bonds. The van der Waals surface area contributed by atoms with E-state index in [0.717, 1.165) is 19.4 Å². The summed E-state index contributed by atoms with van der Waals surface area (Å²) < 4.78 is 5.44. The molecule has 2 N–H and O–H groups in total. The number of rotatable bonds is 9. The monoisotopic (exact) mass is 517 g/mol. The molecule has 196 valence electrons. The summed E-state index contributed by atoms with van der Waals surface area (Å²) in [5.41, 5.74) is 1.65. The number of hydrogen-bond acceptors (Lipinski definition) is 5. The van der Waals surface area contributed by atoms with E-state index in [1.54, 1.807) is 31.2 Å². The number of carbonyl (C=O) groups is 3. The number of ether oxygens (including phenoxy) is 1. The van der Waals surface area contributed by atoms with Crippen molar-refractivity contribution < 1.29 is 19.1 Å². The van der Waals surface area contributed by atoms with E-state index in [1.165, 1.54) is 4.90 Å². The number of urea groups is 2. The van der Waals surface area contributed by atoms with Crippen LogP contribution in [0.4, 0.5) is 9.59 Å². The molecule has 0 aromatic heterocycles. The van der Waals surface area contributed by atoms with E-state index in [1.807, 2.05) is 17.9 Å². The zero-order valence-electron chi connectivity index (χ0n) is 21.1. The molecule has 1 aromatic carbocycles. The Balaban J connectivity index is 1.95. The van der Waals surface area contributed by atoms with Crippen LogP contribution in [0.25, 0.3) is 0 Å². The molecule has 0 spiro atoms. The Morgan fingerprint density at radius 3 is 2.75 bits per heavy atom. The molecule has 0 saturated carbocycles. The standard InChI is InChI=1S/C26H36ClN5O4/c1-4-11-28-25(34)31-14-8-13-30(15-16-31)18-21-22(24(33)36-6-3)23(19-9-7-10-20(27)17-19)29-26(35)32(21)12-5-2/h5,7,9-10,17,23H,2,4,6,8,11-16,18H2,1,3H3,(H,28,34)(H,29,35). The van der Waals surface area contributed by atoms with Gasteiger partial charge in [-0.2, -0.15) is 0 Å². The molecule has 10 heteroatoms. The topological polar surface area (TPSA) is 94.2 Å². The van der Waals surface area contributed by atoms with Crippen molar-refractivity contribution in [2.75, 3.05) is 52.4 Å². The van der Waals surface area contributed by atoms with Gasteiger partial charge in [0.05, 0.1) is 18.2 Å². The van der Waals surface area contributed by atoms with E-state index in [9.17, 15) is 14.4 Å². The summed E-state index contributed by atoms with van der Waals surface area (Å²) in [4.78, 5) is 44.5. The molecule has 1 unspecified atom stereocenters. The van der Waals surface area contributed by atoms with Gasteiger partial charge in [0.2, 0.25) is 0 Å². The highest BCUT2D eigenvalue weighted by Crippen LogP contribution is 2.33. The lowest BCUT2D eigenvalue weighted by molar-refractivity contribution is -0.139. The van der Waals surface area contributed by atoms with Gasteiger partial charge in [0.1, 0.15) is 0 Å². The molecule has 1 aromatic rings. The zero-order valence-corrected chi connectivity index (χ0v) is 21.9. The SMILES string of the molecule is C=CCN1C(=O)NC(c2cccc(Cl)c2)C(C(=O)OCC)=C1CN1CCCN(C(=O)NCCC)CC1. The molecule has 2 aliphatic rings. The van der Waals surface area contributed by atoms with Gasteiger partial charge in [0.25, 0.3) is 0 Å². The van der Waals surface area contributed by atoms with Crippen LogP contribution in [-0.4, -0.2) is 85.2 Å². The average molecular weight is 518 g/mol. The minimum Gasteiger partial charge on any atom is -0.463 e. The first kappa shape index (κ1) is 27.5. The largest absolute Gasteiger partial charge is 0.463 e. The Morgan fingerprint density at radius 1 is 1.25 bits per heavy atom. The van der Waals surface area contributed by atoms with E-state index in [0.29, 0.717) is 54.6 Å². The Labute approximate surface area is 218 Å². The third-order valence-electron chi connectivity index (χ3n) is 6.20. The van der Waals surface area contributed by atoms with Gasteiger partial charge < -0.3 is 20.3 Å². The van der Waals surface area contributed by atoms with Crippen LogP contribution < -0.4 is 10.6 Å². The summed E-state index contributed by atoms with van der Waals surface area (Å²) in [7, 11) is 0. The van der Waals surface area contributed by atoms with Crippen molar-refractivity contribution in [2.45, 2.75) is 32.7 Å². The number of carbonyl (C=O) groups excluding carboxylic acids is 3. The molecule has 1 atom stereocenters. The first-order valence-electron chi connectivity index (χ1n) is 12.5. The minimum absolute atomic E-state index is 0.0588. The van der Waals surface area contributed by atoms with Crippen molar-refractivity contribution in [3.05, 3.63) is 58.8 Å². The average Bonchev–Trinajstić information content (AvgIpc) is 3.10. The molecule has 36 heavy (non-hydrogen) atoms. The van der Waals surface area contributed by atoms with Crippen LogP contribution in [0.3, 0.4) is 0 Å². The van der Waals surface area contributed by atoms with Gasteiger partial charge in [0, 0.05) is 56.5 Å². The third kappa shape index (κ3) is 6.79. The molecule has 1 fully saturated rings. The molecule has 1 saturated heterocycles. The summed E-state index contributed by atoms with van der Waals surface area (Å²) in [6.07, 6.45) is 3.29. The van der Waals surface area contributed by atoms with Crippen LogP contribution >= 0.6 is 11.6 Å². The molecule has 3 rings (SSSR count). The van der Waals surface area contributed by atoms with Gasteiger partial charge in [-0.25, -0.2) is 14.4 Å². The van der Waals surface area contributed by atoms with E-state index >= 15 is 0 Å². The normalized spacial score (nSPS) is 19.0. The van der Waals surface area contributed by atoms with E-state index in [4.69, 9.17) is 16.3 Å². The van der Waals surface area contributed by atoms with E-state index in [2.05, 4.69) is 22.1 Å². The van der Waals surface area contributed by atoms with Crippen LogP contribution in [0.1, 0.15) is 38.3 Å². The second-order valence-electron chi connectivity index (χ2n) is 8.77. The second kappa shape index (κ2) is 13.3. The molecular formula is C26H36ClN5O4. The lowest BCUT2D eigenvalue weighted by Crippen LogP contribution is -2.51. The number of nitrogens with zero attached hydrogens (tertiary/aromatic N) is 3. The zero-order chi connectivity index (χ0) is 26.1. The van der Waals surface area contributed by atoms with Crippen molar-refractivity contribution in [1.82, 2.24) is 25.3 Å². The fraction of sp³-hybridized carbons (Fsp3) is 0.500. The fourth-order valence-electron chi connectivity index (χ4n) is 4.47. The quantitative estimate of drug-likeness (QED) is 0.386. The van der Waals surface area contributed by atoms with Gasteiger partial charge in [-0.1, -0.05) is 36.7 Å². The summed E-state index contributed by atoms with van der Waals surface area (Å²) in [5.74, 6) is -0.484. The van der Waals surface area contributed by atoms with Crippen LogP contribution in [0.15, 0.2) is 48.2 Å². The number of amides is 4. The lowest BCUT2D eigenvalue weighted by atomic mass is 9.94. The van der Waals surface area contributed by atoms with Crippen molar-refractivity contribution in [1.29, 1.82) is 0 Å². The van der Waals surface area contributed by atoms with Crippen LogP contribution in [0.5, 0.6) is 0 Å². The van der Waals surface area contributed by atoms with E-state index in [-0.39, 0.29) is 25.2 Å². The number of benzene rings is 1. The first-order valence-corrected chi connectivity index (χ1v) is 12.9. The summed E-state index contributed by atoms with van der Waals surface area (Å²) in [6, 6.07) is 6.02. The van der Waals surface area contributed by atoms with Gasteiger partial charge in [-0.15, -0.1) is 6.58 Å². The number of halogens is 1. The molecule has 2 aliphatic heterocycles. The highest BCUT2D eigenvalue weighted by atomic mass is 35.5. The van der Waals surface area contributed by atoms with Crippen molar-refractivity contribution in [3.8, 4) is 0 Å². The maximum absolute atomic E-state index is 13.3. The number of esters is 1. The van der Waals surface area contributed by atoms with Crippen molar-refractivity contribution in [2.24, 2.45) is 0 Å². The molecule has 2 heterocycles. The van der Waals surface area contributed by atoms with E-state index < -0.39 is 12.0 Å². The van der Waals surface area contributed by atoms with Crippen molar-refractivity contribution in [3.63, 3.8) is 0 Å². The minimum atomic E-state index is -0.699. The first-order chi connectivity index (χ1) is 17.4. The smallest absolute Gasteiger partial charge is 0.338 e. The number of nitrogens with one attached hydrogen (secondary N) is 2. The second-order valence-corrected chi connectivity index (χ2v) is 9.20. The maximum Gasteiger partial charge on any atom is 0.338 e. The summed E-state index contributed by atoms with van der Waals surface area (Å²) in [6.45, 7) is 11.6. The Morgan fingerprint density at radius 2 is 2.06 bits per heavy atom. The predicted octanol–water partition coefficient (Wildman–Crippen LogP) is 3.54. The highest BCUT2D eigenvalue weighted by molar-refractivity contribution is 6.30. The van der Waals surface area contributed by atoms with Crippen molar-refractivity contribution >= 4 is 29.6 Å².